The summed E-state index contributed by atoms with van der Waals surface area (Å²) < 4.78 is 6.14. The first-order valence-corrected chi connectivity index (χ1v) is 7.50. The molecule has 0 amide bonds. The van der Waals surface area contributed by atoms with Crippen LogP contribution in [-0.2, 0) is 0 Å². The summed E-state index contributed by atoms with van der Waals surface area (Å²) in [4.78, 5) is 2.24. The van der Waals surface area contributed by atoms with Crippen LogP contribution in [0.15, 0.2) is 56.7 Å². The highest BCUT2D eigenvalue weighted by atomic mass is 79.9. The van der Waals surface area contributed by atoms with Crippen molar-refractivity contribution in [2.75, 3.05) is 7.11 Å². The highest BCUT2D eigenvalue weighted by Crippen LogP contribution is 2.34. The lowest BCUT2D eigenvalue weighted by atomic mass is 10.1. The van der Waals surface area contributed by atoms with E-state index in [9.17, 15) is 5.11 Å². The first-order chi connectivity index (χ1) is 9.10. The van der Waals surface area contributed by atoms with Gasteiger partial charge in [0, 0.05) is 14.3 Å². The van der Waals surface area contributed by atoms with Crippen molar-refractivity contribution in [3.05, 3.63) is 52.5 Å². The Labute approximate surface area is 125 Å². The Kier molecular flexibility index (Phi) is 4.91. The zero-order chi connectivity index (χ0) is 13.8. The highest BCUT2D eigenvalue weighted by molar-refractivity contribution is 9.10. The summed E-state index contributed by atoms with van der Waals surface area (Å²) >= 11 is 5.15. The molecule has 0 heterocycles. The van der Waals surface area contributed by atoms with Crippen molar-refractivity contribution in [1.82, 2.24) is 0 Å². The van der Waals surface area contributed by atoms with Crippen LogP contribution in [0.2, 0.25) is 0 Å². The molecule has 1 N–H and O–H groups in total. The Morgan fingerprint density at radius 1 is 1.16 bits per heavy atom. The lowest BCUT2D eigenvalue weighted by Crippen LogP contribution is -1.92. The van der Waals surface area contributed by atoms with Gasteiger partial charge in [-0.15, -0.1) is 0 Å². The second kappa shape index (κ2) is 6.46. The number of benzene rings is 2. The largest absolute Gasteiger partial charge is 0.497 e. The van der Waals surface area contributed by atoms with Gasteiger partial charge < -0.3 is 9.84 Å². The smallest absolute Gasteiger partial charge is 0.119 e. The molecule has 2 aromatic carbocycles. The fourth-order valence-electron chi connectivity index (χ4n) is 1.71. The molecule has 1 atom stereocenters. The maximum Gasteiger partial charge on any atom is 0.119 e. The number of hydrogen-bond donors (Lipinski definition) is 1. The fraction of sp³-hybridized carbons (Fsp3) is 0.200. The molecule has 0 unspecified atom stereocenters. The van der Waals surface area contributed by atoms with Crippen molar-refractivity contribution in [2.45, 2.75) is 22.8 Å². The molecule has 0 radical (unpaired) electrons. The molecule has 0 saturated carbocycles. The van der Waals surface area contributed by atoms with Crippen molar-refractivity contribution in [3.8, 4) is 5.75 Å². The van der Waals surface area contributed by atoms with E-state index in [4.69, 9.17) is 4.74 Å². The molecular weight excluding hydrogens is 324 g/mol. The van der Waals surface area contributed by atoms with Crippen LogP contribution in [0.5, 0.6) is 5.75 Å². The van der Waals surface area contributed by atoms with Crippen LogP contribution in [0.4, 0.5) is 0 Å². The van der Waals surface area contributed by atoms with Gasteiger partial charge in [0.2, 0.25) is 0 Å². The minimum Gasteiger partial charge on any atom is -0.497 e. The summed E-state index contributed by atoms with van der Waals surface area (Å²) in [6.07, 6.45) is -0.467. The van der Waals surface area contributed by atoms with Crippen molar-refractivity contribution in [1.29, 1.82) is 0 Å². The van der Waals surface area contributed by atoms with E-state index in [0.717, 1.165) is 25.6 Å². The van der Waals surface area contributed by atoms with Gasteiger partial charge in [0.1, 0.15) is 5.75 Å². The van der Waals surface area contributed by atoms with Gasteiger partial charge in [-0.2, -0.15) is 0 Å². The van der Waals surface area contributed by atoms with Gasteiger partial charge in [-0.05, 0) is 42.8 Å². The van der Waals surface area contributed by atoms with Crippen LogP contribution in [0, 0.1) is 0 Å². The normalized spacial score (nSPS) is 12.2. The molecule has 0 spiro atoms. The van der Waals surface area contributed by atoms with Gasteiger partial charge in [0.15, 0.2) is 0 Å². The van der Waals surface area contributed by atoms with E-state index in [1.807, 2.05) is 42.5 Å². The molecule has 0 aliphatic heterocycles. The van der Waals surface area contributed by atoms with Gasteiger partial charge in [-0.25, -0.2) is 0 Å². The Morgan fingerprint density at radius 3 is 2.53 bits per heavy atom. The van der Waals surface area contributed by atoms with E-state index in [0.29, 0.717) is 0 Å². The Bertz CT molecular complexity index is 570. The molecule has 0 fully saturated rings. The highest BCUT2D eigenvalue weighted by Gasteiger charge is 2.07. The lowest BCUT2D eigenvalue weighted by molar-refractivity contribution is 0.198. The van der Waals surface area contributed by atoms with Gasteiger partial charge in [0.25, 0.3) is 0 Å². The third-order valence-electron chi connectivity index (χ3n) is 2.70. The van der Waals surface area contributed by atoms with Crippen molar-refractivity contribution < 1.29 is 9.84 Å². The molecule has 19 heavy (non-hydrogen) atoms. The molecule has 2 nitrogen and oxygen atoms in total. The zero-order valence-corrected chi connectivity index (χ0v) is 13.2. The SMILES string of the molecule is COc1cccc(Sc2ccc([C@H](C)O)c(Br)c2)c1. The average molecular weight is 339 g/mol. The molecule has 100 valence electrons. The van der Waals surface area contributed by atoms with Crippen molar-refractivity contribution in [2.24, 2.45) is 0 Å². The van der Waals surface area contributed by atoms with Crippen LogP contribution in [-0.4, -0.2) is 12.2 Å². The molecule has 0 bridgehead atoms. The predicted molar refractivity (Wildman–Crippen MR) is 81.9 cm³/mol. The third kappa shape index (κ3) is 3.75. The van der Waals surface area contributed by atoms with Crippen LogP contribution in [0.1, 0.15) is 18.6 Å². The number of halogens is 1. The Hall–Kier alpha value is -0.970. The van der Waals surface area contributed by atoms with Gasteiger partial charge in [0.05, 0.1) is 13.2 Å². The van der Waals surface area contributed by atoms with E-state index in [-0.39, 0.29) is 0 Å². The van der Waals surface area contributed by atoms with Gasteiger partial charge in [-0.3, -0.25) is 0 Å². The van der Waals surface area contributed by atoms with Crippen molar-refractivity contribution >= 4 is 27.7 Å². The standard InChI is InChI=1S/C15H15BrO2S/c1-10(17)14-7-6-13(9-15(14)16)19-12-5-3-4-11(8-12)18-2/h3-10,17H,1-2H3/t10-/m0/s1. The minimum absolute atomic E-state index is 0.467. The van der Waals surface area contributed by atoms with E-state index in [1.165, 1.54) is 0 Å². The second-order valence-electron chi connectivity index (χ2n) is 4.14. The predicted octanol–water partition coefficient (Wildman–Crippen LogP) is 4.66. The van der Waals surface area contributed by atoms with E-state index < -0.39 is 6.10 Å². The summed E-state index contributed by atoms with van der Waals surface area (Å²) in [7, 11) is 1.66. The van der Waals surface area contributed by atoms with E-state index >= 15 is 0 Å². The average Bonchev–Trinajstić information content (AvgIpc) is 2.38. The zero-order valence-electron chi connectivity index (χ0n) is 10.8. The molecule has 4 heteroatoms. The number of hydrogen-bond acceptors (Lipinski definition) is 3. The summed E-state index contributed by atoms with van der Waals surface area (Å²) in [6.45, 7) is 1.76. The quantitative estimate of drug-likeness (QED) is 0.878. The van der Waals surface area contributed by atoms with Crippen LogP contribution >= 0.6 is 27.7 Å². The van der Waals surface area contributed by atoms with Gasteiger partial charge in [-0.1, -0.05) is 39.8 Å². The molecule has 2 rings (SSSR count). The molecule has 2 aromatic rings. The maximum absolute atomic E-state index is 9.60. The van der Waals surface area contributed by atoms with Crippen LogP contribution in [0.3, 0.4) is 0 Å². The second-order valence-corrected chi connectivity index (χ2v) is 6.14. The maximum atomic E-state index is 9.60. The minimum atomic E-state index is -0.467. The number of rotatable bonds is 4. The van der Waals surface area contributed by atoms with Crippen molar-refractivity contribution in [3.63, 3.8) is 0 Å². The summed E-state index contributed by atoms with van der Waals surface area (Å²) in [6, 6.07) is 13.9. The number of aliphatic hydroxyl groups is 1. The Balaban J connectivity index is 2.21. The number of methoxy groups -OCH3 is 1. The molecule has 0 aromatic heterocycles. The number of ether oxygens (including phenoxy) is 1. The Morgan fingerprint density at radius 2 is 1.89 bits per heavy atom. The van der Waals surface area contributed by atoms with E-state index in [2.05, 4.69) is 15.9 Å². The van der Waals surface area contributed by atoms with E-state index in [1.54, 1.807) is 25.8 Å². The first kappa shape index (κ1) is 14.4. The van der Waals surface area contributed by atoms with Crippen LogP contribution < -0.4 is 4.74 Å². The molecular formula is C15H15BrO2S. The first-order valence-electron chi connectivity index (χ1n) is 5.89. The monoisotopic (exact) mass is 338 g/mol. The summed E-state index contributed by atoms with van der Waals surface area (Å²) in [5.74, 6) is 0.852. The fourth-order valence-corrected chi connectivity index (χ4v) is 3.48. The molecule has 0 saturated heterocycles. The lowest BCUT2D eigenvalue weighted by Gasteiger charge is -2.10. The number of aliphatic hydroxyl groups excluding tert-OH is 1. The molecule has 0 aliphatic carbocycles. The third-order valence-corrected chi connectivity index (χ3v) is 4.36. The topological polar surface area (TPSA) is 29.5 Å². The summed E-state index contributed by atoms with van der Waals surface area (Å²) in [5, 5.41) is 9.60. The molecule has 0 aliphatic rings. The van der Waals surface area contributed by atoms with Crippen LogP contribution in [0.25, 0.3) is 0 Å². The van der Waals surface area contributed by atoms with Gasteiger partial charge >= 0.3 is 0 Å². The summed E-state index contributed by atoms with van der Waals surface area (Å²) in [5.41, 5.74) is 0.898.